The normalized spacial score (nSPS) is 13.8. The number of fused-ring (bicyclic) bond motifs is 4. The van der Waals surface area contributed by atoms with Crippen LogP contribution in [0.1, 0.15) is 34.6 Å². The van der Waals surface area contributed by atoms with Gasteiger partial charge < -0.3 is 0 Å². The maximum atomic E-state index is 4.93. The van der Waals surface area contributed by atoms with E-state index in [1.54, 1.807) is 5.57 Å². The molecule has 0 aromatic heterocycles. The molecule has 0 saturated heterocycles. The van der Waals surface area contributed by atoms with Gasteiger partial charge in [0.25, 0.3) is 0 Å². The van der Waals surface area contributed by atoms with Gasteiger partial charge in [0.2, 0.25) is 0 Å². The van der Waals surface area contributed by atoms with Crippen molar-refractivity contribution >= 4 is 23.1 Å². The number of benzene rings is 3. The molecule has 5 rings (SSSR count). The van der Waals surface area contributed by atoms with Crippen molar-refractivity contribution in [2.24, 2.45) is 0 Å². The first kappa shape index (κ1) is 18.2. The zero-order valence-corrected chi connectivity index (χ0v) is 18.2. The average molecular weight is 457 g/mol. The monoisotopic (exact) mass is 454 g/mol. The summed E-state index contributed by atoms with van der Waals surface area (Å²) in [5.74, 6) is 0.503. The SMILES string of the molecule is C1=C(CC2c3ccccc3-c3ccccc32)Cc2ccccc21.[Cl][Zr][Cl]. The van der Waals surface area contributed by atoms with Crippen LogP contribution in [0.3, 0.4) is 0 Å². The van der Waals surface area contributed by atoms with Crippen LogP contribution in [0.5, 0.6) is 0 Å². The Hall–Kier alpha value is -1.14. The molecule has 0 heterocycles. The molecule has 0 N–H and O–H groups in total. The van der Waals surface area contributed by atoms with E-state index in [0.29, 0.717) is 5.92 Å². The van der Waals surface area contributed by atoms with E-state index in [2.05, 4.69) is 78.9 Å². The molecule has 0 nitrogen and oxygen atoms in total. The molecular formula is C23H18Cl2Zr. The van der Waals surface area contributed by atoms with Gasteiger partial charge in [-0.05, 0) is 46.2 Å². The van der Waals surface area contributed by atoms with Crippen LogP contribution in [0.2, 0.25) is 0 Å². The summed E-state index contributed by atoms with van der Waals surface area (Å²) < 4.78 is 0. The predicted molar refractivity (Wildman–Crippen MR) is 108 cm³/mol. The maximum absolute atomic E-state index is 4.93. The van der Waals surface area contributed by atoms with Gasteiger partial charge in [-0.15, -0.1) is 0 Å². The Morgan fingerprint density at radius 1 is 0.769 bits per heavy atom. The minimum atomic E-state index is -0.826. The number of halogens is 2. The van der Waals surface area contributed by atoms with Crippen molar-refractivity contribution in [1.29, 1.82) is 0 Å². The predicted octanol–water partition coefficient (Wildman–Crippen LogP) is 7.21. The number of allylic oxidation sites excluding steroid dienone is 1. The average Bonchev–Trinajstić information content (AvgIpc) is 3.22. The molecule has 2 aliphatic carbocycles. The van der Waals surface area contributed by atoms with Crippen molar-refractivity contribution in [1.82, 2.24) is 0 Å². The third-order valence-electron chi connectivity index (χ3n) is 5.26. The molecule has 0 spiro atoms. The van der Waals surface area contributed by atoms with E-state index in [1.165, 1.54) is 33.4 Å². The Bertz CT molecular complexity index is 916. The van der Waals surface area contributed by atoms with Crippen LogP contribution in [-0.4, -0.2) is 0 Å². The van der Waals surface area contributed by atoms with E-state index in [-0.39, 0.29) is 0 Å². The van der Waals surface area contributed by atoms with Crippen LogP contribution in [0.25, 0.3) is 17.2 Å². The van der Waals surface area contributed by atoms with Crippen molar-refractivity contribution in [2.75, 3.05) is 0 Å². The van der Waals surface area contributed by atoms with Crippen LogP contribution in [0, 0.1) is 0 Å². The second kappa shape index (κ2) is 8.26. The number of hydrogen-bond acceptors (Lipinski definition) is 0. The zero-order valence-electron chi connectivity index (χ0n) is 14.3. The Labute approximate surface area is 173 Å². The van der Waals surface area contributed by atoms with Crippen LogP contribution in [0.4, 0.5) is 0 Å². The molecular weight excluding hydrogens is 438 g/mol. The molecule has 2 aliphatic rings. The minimum absolute atomic E-state index is 0.503. The fraction of sp³-hybridized carbons (Fsp3) is 0.130. The van der Waals surface area contributed by atoms with Gasteiger partial charge in [-0.25, -0.2) is 0 Å². The van der Waals surface area contributed by atoms with E-state index in [9.17, 15) is 0 Å². The molecule has 0 radical (unpaired) electrons. The van der Waals surface area contributed by atoms with Crippen LogP contribution < -0.4 is 0 Å². The third kappa shape index (κ3) is 3.50. The molecule has 3 aromatic rings. The molecule has 0 unspecified atom stereocenters. The summed E-state index contributed by atoms with van der Waals surface area (Å²) in [5, 5.41) is 0. The fourth-order valence-corrected chi connectivity index (χ4v) is 4.22. The van der Waals surface area contributed by atoms with Gasteiger partial charge in [-0.3, -0.25) is 0 Å². The van der Waals surface area contributed by atoms with Crippen molar-refractivity contribution in [3.8, 4) is 11.1 Å². The van der Waals surface area contributed by atoms with Gasteiger partial charge in [0.1, 0.15) is 0 Å². The molecule has 0 atom stereocenters. The molecule has 0 fully saturated rings. The summed E-state index contributed by atoms with van der Waals surface area (Å²) >= 11 is -0.826. The molecule has 0 aliphatic heterocycles. The molecule has 0 bridgehead atoms. The second-order valence-corrected chi connectivity index (χ2v) is 10.4. The van der Waals surface area contributed by atoms with Gasteiger partial charge in [-0.1, -0.05) is 84.4 Å². The first-order valence-electron chi connectivity index (χ1n) is 8.73. The number of rotatable bonds is 2. The van der Waals surface area contributed by atoms with Gasteiger partial charge in [-0.2, -0.15) is 0 Å². The van der Waals surface area contributed by atoms with Crippen molar-refractivity contribution in [3.05, 3.63) is 101 Å². The Kier molecular flexibility index (Phi) is 5.79. The summed E-state index contributed by atoms with van der Waals surface area (Å²) in [4.78, 5) is 0. The summed E-state index contributed by atoms with van der Waals surface area (Å²) in [6.07, 6.45) is 4.64. The molecule has 0 saturated carbocycles. The Morgan fingerprint density at radius 2 is 1.31 bits per heavy atom. The van der Waals surface area contributed by atoms with Gasteiger partial charge >= 0.3 is 37.9 Å². The van der Waals surface area contributed by atoms with Crippen molar-refractivity contribution in [2.45, 2.75) is 18.8 Å². The standard InChI is InChI=1S/C23H18.2ClH.Zr/c1-2-8-18-14-16(13-17(18)7-1)15-23-21-11-5-3-9-19(21)20-10-4-6-12-22(20)23;;;/h1-13,23H,14-15H2;2*1H;/q;;;+2/p-2. The van der Waals surface area contributed by atoms with E-state index in [4.69, 9.17) is 17.0 Å². The van der Waals surface area contributed by atoms with Gasteiger partial charge in [0.05, 0.1) is 0 Å². The van der Waals surface area contributed by atoms with Crippen LogP contribution >= 0.6 is 17.0 Å². The van der Waals surface area contributed by atoms with Gasteiger partial charge in [0.15, 0.2) is 0 Å². The van der Waals surface area contributed by atoms with E-state index < -0.39 is 20.8 Å². The summed E-state index contributed by atoms with van der Waals surface area (Å²) in [5.41, 5.74) is 10.3. The topological polar surface area (TPSA) is 0 Å². The summed E-state index contributed by atoms with van der Waals surface area (Å²) in [7, 11) is 9.87. The van der Waals surface area contributed by atoms with Crippen LogP contribution in [0.15, 0.2) is 78.4 Å². The molecule has 3 aromatic carbocycles. The molecule has 128 valence electrons. The Balaban J connectivity index is 0.000000527. The summed E-state index contributed by atoms with van der Waals surface area (Å²) in [6.45, 7) is 0. The molecule has 0 amide bonds. The zero-order chi connectivity index (χ0) is 17.9. The summed E-state index contributed by atoms with van der Waals surface area (Å²) in [6, 6.07) is 26.6. The third-order valence-corrected chi connectivity index (χ3v) is 5.26. The molecule has 3 heteroatoms. The second-order valence-electron chi connectivity index (χ2n) is 6.68. The van der Waals surface area contributed by atoms with E-state index in [0.717, 1.165) is 12.8 Å². The van der Waals surface area contributed by atoms with E-state index in [1.807, 2.05) is 0 Å². The van der Waals surface area contributed by atoms with Gasteiger partial charge in [0, 0.05) is 5.92 Å². The van der Waals surface area contributed by atoms with Crippen LogP contribution in [-0.2, 0) is 27.3 Å². The van der Waals surface area contributed by atoms with Crippen molar-refractivity contribution < 1.29 is 20.8 Å². The first-order valence-corrected chi connectivity index (χ1v) is 15.1. The quantitative estimate of drug-likeness (QED) is 0.382. The van der Waals surface area contributed by atoms with E-state index >= 15 is 0 Å². The molecule has 26 heavy (non-hydrogen) atoms. The first-order chi connectivity index (χ1) is 12.8. The fourth-order valence-electron chi connectivity index (χ4n) is 4.22. The van der Waals surface area contributed by atoms with Crippen molar-refractivity contribution in [3.63, 3.8) is 0 Å². The Morgan fingerprint density at radius 3 is 1.92 bits per heavy atom. The number of hydrogen-bond donors (Lipinski definition) is 0.